The zero-order valence-electron chi connectivity index (χ0n) is 20.4. The van der Waals surface area contributed by atoms with Gasteiger partial charge in [-0.3, -0.25) is 9.48 Å². The summed E-state index contributed by atoms with van der Waals surface area (Å²) in [5.74, 6) is -4.87. The van der Waals surface area contributed by atoms with Crippen LogP contribution in [0.4, 0.5) is 26.3 Å². The predicted molar refractivity (Wildman–Crippen MR) is 125 cm³/mol. The second kappa shape index (κ2) is 8.95. The number of aryl methyl sites for hydroxylation is 1. The molecule has 0 spiro atoms. The Hall–Kier alpha value is -4.16. The highest BCUT2D eigenvalue weighted by molar-refractivity contribution is 5.99. The van der Waals surface area contributed by atoms with Crippen LogP contribution in [-0.4, -0.2) is 41.6 Å². The molecular formula is C26H20F6N6O. The lowest BCUT2D eigenvalue weighted by Gasteiger charge is -2.45. The van der Waals surface area contributed by atoms with Gasteiger partial charge < -0.3 is 4.90 Å². The predicted octanol–water partition coefficient (Wildman–Crippen LogP) is 5.40. The van der Waals surface area contributed by atoms with Crippen molar-refractivity contribution in [2.24, 2.45) is 7.05 Å². The number of para-hydroxylation sites is 1. The van der Waals surface area contributed by atoms with Gasteiger partial charge >= 0.3 is 6.18 Å². The number of aromatic nitrogens is 5. The van der Waals surface area contributed by atoms with E-state index in [4.69, 9.17) is 0 Å². The van der Waals surface area contributed by atoms with Crippen molar-refractivity contribution in [1.82, 2.24) is 29.7 Å². The largest absolute Gasteiger partial charge is 0.418 e. The van der Waals surface area contributed by atoms with Crippen molar-refractivity contribution in [3.05, 3.63) is 82.6 Å². The molecule has 13 heteroatoms. The zero-order chi connectivity index (χ0) is 27.6. The molecule has 1 fully saturated rings. The number of rotatable bonds is 3. The Balaban J connectivity index is 1.47. The van der Waals surface area contributed by atoms with Crippen LogP contribution >= 0.6 is 0 Å². The summed E-state index contributed by atoms with van der Waals surface area (Å²) < 4.78 is 85.1. The average Bonchev–Trinajstić information content (AvgIpc) is 3.53. The first-order valence-electron chi connectivity index (χ1n) is 12.2. The molecule has 202 valence electrons. The maximum atomic E-state index is 14.1. The quantitative estimate of drug-likeness (QED) is 0.255. The maximum absolute atomic E-state index is 14.1. The number of fused-ring (bicyclic) bond motifs is 4. The van der Waals surface area contributed by atoms with E-state index in [9.17, 15) is 31.1 Å². The van der Waals surface area contributed by atoms with E-state index in [0.29, 0.717) is 29.8 Å². The van der Waals surface area contributed by atoms with Gasteiger partial charge in [-0.1, -0.05) is 6.07 Å². The summed E-state index contributed by atoms with van der Waals surface area (Å²) in [7, 11) is 1.58. The Morgan fingerprint density at radius 3 is 2.38 bits per heavy atom. The molecule has 2 aliphatic rings. The van der Waals surface area contributed by atoms with Crippen LogP contribution in [0.3, 0.4) is 0 Å². The molecule has 1 amide bonds. The van der Waals surface area contributed by atoms with E-state index in [2.05, 4.69) is 15.3 Å². The third-order valence-corrected chi connectivity index (χ3v) is 7.36. The number of carbonyl (C=O) groups is 1. The summed E-state index contributed by atoms with van der Waals surface area (Å²) in [4.78, 5) is 16.4. The van der Waals surface area contributed by atoms with Crippen LogP contribution in [-0.2, 0) is 19.6 Å². The maximum Gasteiger partial charge on any atom is 0.418 e. The van der Waals surface area contributed by atoms with Gasteiger partial charge in [-0.25, -0.2) is 13.2 Å². The molecule has 2 bridgehead atoms. The lowest BCUT2D eigenvalue weighted by molar-refractivity contribution is -0.137. The summed E-state index contributed by atoms with van der Waals surface area (Å²) in [6, 6.07) is 4.17. The molecule has 1 saturated heterocycles. The van der Waals surface area contributed by atoms with Crippen molar-refractivity contribution in [2.75, 3.05) is 0 Å². The number of amides is 1. The number of halogens is 6. The summed E-state index contributed by atoms with van der Waals surface area (Å²) in [5, 5.41) is 12.3. The molecule has 0 aliphatic carbocycles. The molecule has 6 rings (SSSR count). The summed E-state index contributed by atoms with van der Waals surface area (Å²) in [5.41, 5.74) is -0.0685. The van der Waals surface area contributed by atoms with Crippen LogP contribution in [0, 0.1) is 17.5 Å². The van der Waals surface area contributed by atoms with Gasteiger partial charge in [0.05, 0.1) is 41.0 Å². The molecule has 2 aliphatic heterocycles. The first-order valence-corrected chi connectivity index (χ1v) is 12.2. The van der Waals surface area contributed by atoms with Crippen LogP contribution in [0.1, 0.15) is 52.5 Å². The molecule has 2 aromatic heterocycles. The average molecular weight is 546 g/mol. The van der Waals surface area contributed by atoms with E-state index in [-0.39, 0.29) is 17.5 Å². The molecule has 0 radical (unpaired) electrons. The number of hydrogen-bond acceptors (Lipinski definition) is 4. The Kier molecular flexibility index (Phi) is 5.77. The Morgan fingerprint density at radius 1 is 1.03 bits per heavy atom. The highest BCUT2D eigenvalue weighted by Gasteiger charge is 2.45. The molecule has 4 heterocycles. The van der Waals surface area contributed by atoms with Crippen LogP contribution in [0.25, 0.3) is 16.9 Å². The van der Waals surface area contributed by atoms with Gasteiger partial charge in [0.1, 0.15) is 5.69 Å². The fraction of sp³-hybridized carbons (Fsp3) is 0.308. The van der Waals surface area contributed by atoms with Crippen molar-refractivity contribution in [2.45, 2.75) is 43.9 Å². The molecule has 4 aromatic rings. The molecule has 2 atom stereocenters. The highest BCUT2D eigenvalue weighted by Crippen LogP contribution is 2.46. The number of nitrogens with zero attached hydrogens (tertiary/aromatic N) is 6. The van der Waals surface area contributed by atoms with Gasteiger partial charge in [-0.2, -0.15) is 33.3 Å². The van der Waals surface area contributed by atoms with E-state index in [1.807, 2.05) is 0 Å². The lowest BCUT2D eigenvalue weighted by atomic mass is 9.81. The second-order valence-electron chi connectivity index (χ2n) is 9.62. The minimum Gasteiger partial charge on any atom is -0.327 e. The fourth-order valence-corrected chi connectivity index (χ4v) is 5.83. The van der Waals surface area contributed by atoms with Gasteiger partial charge in [0.15, 0.2) is 17.5 Å². The molecular weight excluding hydrogens is 526 g/mol. The number of piperidine rings is 1. The van der Waals surface area contributed by atoms with Crippen LogP contribution < -0.4 is 0 Å². The summed E-state index contributed by atoms with van der Waals surface area (Å²) in [6.45, 7) is 0. The topological polar surface area (TPSA) is 68.8 Å². The van der Waals surface area contributed by atoms with Crippen molar-refractivity contribution in [1.29, 1.82) is 0 Å². The molecule has 1 unspecified atom stereocenters. The van der Waals surface area contributed by atoms with Crippen LogP contribution in [0.5, 0.6) is 0 Å². The Bertz CT molecular complexity index is 1570. The molecule has 0 saturated carbocycles. The number of carbonyl (C=O) groups excluding carboxylic acids is 1. The smallest absolute Gasteiger partial charge is 0.327 e. The van der Waals surface area contributed by atoms with Crippen LogP contribution in [0.15, 0.2) is 42.7 Å². The third kappa shape index (κ3) is 3.98. The van der Waals surface area contributed by atoms with Crippen molar-refractivity contribution in [3.63, 3.8) is 0 Å². The van der Waals surface area contributed by atoms with Gasteiger partial charge in [-0.15, -0.1) is 0 Å². The normalized spacial score (nSPS) is 18.8. The van der Waals surface area contributed by atoms with E-state index in [1.54, 1.807) is 11.9 Å². The van der Waals surface area contributed by atoms with Gasteiger partial charge in [-0.05, 0) is 49.9 Å². The zero-order valence-corrected chi connectivity index (χ0v) is 20.4. The van der Waals surface area contributed by atoms with Crippen LogP contribution in [0.2, 0.25) is 0 Å². The summed E-state index contributed by atoms with van der Waals surface area (Å²) >= 11 is 0. The Morgan fingerprint density at radius 2 is 1.72 bits per heavy atom. The molecule has 0 N–H and O–H groups in total. The second-order valence-corrected chi connectivity index (χ2v) is 9.62. The van der Waals surface area contributed by atoms with Gasteiger partial charge in [0, 0.05) is 24.2 Å². The van der Waals surface area contributed by atoms with Crippen molar-refractivity contribution in [3.8, 4) is 16.9 Å². The minimum absolute atomic E-state index is 0.102. The molecule has 39 heavy (non-hydrogen) atoms. The van der Waals surface area contributed by atoms with Crippen molar-refractivity contribution >= 4 is 5.91 Å². The SMILES string of the molecule is Cn1nc2c(c1-c1cc(F)c(F)c(F)c1)CC1CCC[C@@H]2N1C(=O)c1cccc(C(F)(F)F)c1-n1nccn1. The van der Waals surface area contributed by atoms with E-state index >= 15 is 0 Å². The van der Waals surface area contributed by atoms with Crippen molar-refractivity contribution < 1.29 is 31.1 Å². The van der Waals surface area contributed by atoms with Gasteiger partial charge in [0.2, 0.25) is 0 Å². The molecule has 7 nitrogen and oxygen atoms in total. The Labute approximate surface area is 217 Å². The fourth-order valence-electron chi connectivity index (χ4n) is 5.83. The van der Waals surface area contributed by atoms with E-state index < -0.39 is 52.9 Å². The van der Waals surface area contributed by atoms with E-state index in [0.717, 1.165) is 29.4 Å². The third-order valence-electron chi connectivity index (χ3n) is 7.36. The monoisotopic (exact) mass is 546 g/mol. The number of benzene rings is 2. The number of hydrogen-bond donors (Lipinski definition) is 0. The van der Waals surface area contributed by atoms with E-state index in [1.165, 1.54) is 29.2 Å². The standard InChI is InChI=1S/C26H20F6N6O/c1-36-23(13-10-18(27)21(29)19(28)11-13)16-12-14-4-2-7-20(22(16)35-36)37(14)25(39)15-5-3-6-17(26(30,31)32)24(15)38-33-8-9-34-38/h3,5-6,8-11,14,20H,2,4,7,12H2,1H3/t14?,20-/m0/s1. The first-order chi connectivity index (χ1) is 18.6. The first kappa shape index (κ1) is 25.1. The number of alkyl halides is 3. The van der Waals surface area contributed by atoms with Gasteiger partial charge in [0.25, 0.3) is 5.91 Å². The highest BCUT2D eigenvalue weighted by atomic mass is 19.4. The molecule has 2 aromatic carbocycles. The lowest BCUT2D eigenvalue weighted by Crippen LogP contribution is -2.50. The summed E-state index contributed by atoms with van der Waals surface area (Å²) in [6.07, 6.45) is -0.252. The minimum atomic E-state index is -4.76.